The number of nitrogens with one attached hydrogen (secondary N) is 1. The molecule has 4 amide bonds. The van der Waals surface area contributed by atoms with E-state index < -0.39 is 34.9 Å². The molecule has 1 spiro atoms. The van der Waals surface area contributed by atoms with Crippen LogP contribution in [0.5, 0.6) is 5.75 Å². The highest BCUT2D eigenvalue weighted by Crippen LogP contribution is 2.44. The lowest BCUT2D eigenvalue weighted by molar-refractivity contribution is -0.156. The largest absolute Gasteiger partial charge is 0.508 e. The van der Waals surface area contributed by atoms with E-state index in [2.05, 4.69) is 99.7 Å². The van der Waals surface area contributed by atoms with Gasteiger partial charge in [0, 0.05) is 56.0 Å². The maximum Gasteiger partial charge on any atom is 0.324 e. The van der Waals surface area contributed by atoms with Crippen LogP contribution in [0.15, 0.2) is 85.0 Å². The first-order valence-electron chi connectivity index (χ1n) is 24.3. The Morgan fingerprint density at radius 3 is 2.41 bits per heavy atom. The fourth-order valence-electron chi connectivity index (χ4n) is 10.9. The molecular weight excluding hydrogens is 857 g/mol. The van der Waals surface area contributed by atoms with Gasteiger partial charge in [-0.05, 0) is 123 Å². The number of aromatic hydroxyl groups is 1. The monoisotopic (exact) mass is 925 g/mol. The molecule has 4 atom stereocenters. The van der Waals surface area contributed by atoms with Crippen molar-refractivity contribution in [1.29, 1.82) is 0 Å². The van der Waals surface area contributed by atoms with Crippen molar-refractivity contribution in [1.82, 2.24) is 29.7 Å². The van der Waals surface area contributed by atoms with Crippen LogP contribution in [0.1, 0.15) is 84.4 Å². The molecule has 6 bridgehead atoms. The number of hydrogen-bond donors (Lipinski definition) is 2. The molecule has 0 unspecified atom stereocenters. The van der Waals surface area contributed by atoms with Crippen molar-refractivity contribution >= 4 is 40.5 Å². The fourth-order valence-corrected chi connectivity index (χ4v) is 10.9. The number of hydrogen-bond acceptors (Lipinski definition) is 8. The second-order valence-electron chi connectivity index (χ2n) is 20.7. The van der Waals surface area contributed by atoms with E-state index in [4.69, 9.17) is 4.74 Å². The van der Waals surface area contributed by atoms with Crippen molar-refractivity contribution in [3.63, 3.8) is 0 Å². The molecule has 4 aliphatic heterocycles. The summed E-state index contributed by atoms with van der Waals surface area (Å²) in [4.78, 5) is 75.1. The Morgan fingerprint density at radius 2 is 1.72 bits per heavy atom. The minimum absolute atomic E-state index is 0.0272. The van der Waals surface area contributed by atoms with Crippen LogP contribution in [0.3, 0.4) is 0 Å². The van der Waals surface area contributed by atoms with Crippen LogP contribution >= 0.6 is 0 Å². The van der Waals surface area contributed by atoms with Crippen molar-refractivity contribution in [3.05, 3.63) is 102 Å². The number of likely N-dealkylation sites (tertiary alicyclic amines) is 1. The summed E-state index contributed by atoms with van der Waals surface area (Å²) in [5.41, 5.74) is 10.6. The van der Waals surface area contributed by atoms with Crippen molar-refractivity contribution < 1.29 is 33.8 Å². The predicted molar refractivity (Wildman–Crippen MR) is 264 cm³/mol. The van der Waals surface area contributed by atoms with Crippen LogP contribution in [-0.4, -0.2) is 116 Å². The van der Waals surface area contributed by atoms with E-state index >= 15 is 4.79 Å². The number of phenols is 1. The summed E-state index contributed by atoms with van der Waals surface area (Å²) < 4.78 is 8.51. The maximum absolute atomic E-state index is 15.1. The number of carbonyl (C=O) groups excluding carboxylic acids is 5. The normalized spacial score (nSPS) is 22.3. The first kappa shape index (κ1) is 48.3. The molecule has 0 aliphatic carbocycles. The molecule has 3 aromatic carbocycles. The number of amides is 4. The first-order chi connectivity index (χ1) is 32.4. The average molecular weight is 925 g/mol. The number of aryl methyl sites for hydroxylation is 1. The second-order valence-corrected chi connectivity index (χ2v) is 20.7. The standard InChI is InChI=1S/C55H68N6O7/c1-10-35(6)24-36-15-17-38(18-16-36)49-44-30-54(7,8)33-68-52(66)45-14-13-22-61(56-45)53(67)55(29-37-25-41(27-42(62)26-37)39-19-20-46(43(44)28-39)59(49)12-3)32-60(55)51(65)48(34(4)5)57(9)50(64)40-21-23-58(31-40)47(63)11-2/h10-11,15-20,25-28,34,40,45,48,56,62H,2,12-14,21-24,29-33H2,1,3-9H3/b35-10+/t40-,45-,48-,55+,60?/m0/s1. The lowest BCUT2D eigenvalue weighted by Crippen LogP contribution is -2.60. The van der Waals surface area contributed by atoms with E-state index in [1.807, 2.05) is 19.9 Å². The molecular formula is C55H68N6O7. The van der Waals surface area contributed by atoms with Crippen molar-refractivity contribution in [2.75, 3.05) is 39.8 Å². The Balaban J connectivity index is 1.20. The zero-order chi connectivity index (χ0) is 48.8. The summed E-state index contributed by atoms with van der Waals surface area (Å²) in [5.74, 6) is -2.42. The SMILES string of the molecule is C=CC(=O)N1CC[C@H](C(=O)N(C)[C@H](C(=O)N2C[C@@]23Cc2cc(O)cc(c2)-c2ccc4c(c2)c(c(-c2ccc(C/C(C)=C/C)cc2)n4CC)CC(C)(C)COC(=O)[C@@H]2CCCN(N2)C3=O)C(C)C)C1. The molecule has 8 rings (SSSR count). The number of ether oxygens (including phenoxy) is 1. The third kappa shape index (κ3) is 9.33. The van der Waals surface area contributed by atoms with Crippen molar-refractivity contribution in [3.8, 4) is 28.1 Å². The number of hydrazine groups is 1. The molecule has 2 N–H and O–H groups in total. The van der Waals surface area contributed by atoms with Crippen molar-refractivity contribution in [2.45, 2.75) is 111 Å². The Kier molecular flexibility index (Phi) is 13.5. The van der Waals surface area contributed by atoms with E-state index in [9.17, 15) is 24.3 Å². The number of aromatic nitrogens is 1. The topological polar surface area (TPSA) is 145 Å². The first-order valence-corrected chi connectivity index (χ1v) is 24.3. The molecule has 1 aromatic heterocycles. The van der Waals surface area contributed by atoms with Gasteiger partial charge in [-0.1, -0.05) is 82.3 Å². The van der Waals surface area contributed by atoms with Crippen LogP contribution in [0.25, 0.3) is 33.3 Å². The van der Waals surface area contributed by atoms with Gasteiger partial charge in [0.1, 0.15) is 23.4 Å². The summed E-state index contributed by atoms with van der Waals surface area (Å²) in [6, 6.07) is 18.9. The van der Waals surface area contributed by atoms with Crippen LogP contribution in [0.4, 0.5) is 0 Å². The summed E-state index contributed by atoms with van der Waals surface area (Å²) in [6.07, 6.45) is 6.43. The number of cyclic esters (lactones) is 1. The highest BCUT2D eigenvalue weighted by molar-refractivity contribution is 6.00. The second kappa shape index (κ2) is 19.1. The highest BCUT2D eigenvalue weighted by atomic mass is 16.5. The van der Waals surface area contributed by atoms with Gasteiger partial charge in [0.05, 0.1) is 24.8 Å². The molecule has 360 valence electrons. The van der Waals surface area contributed by atoms with E-state index in [-0.39, 0.29) is 61.4 Å². The minimum Gasteiger partial charge on any atom is -0.508 e. The number of benzene rings is 3. The van der Waals surface area contributed by atoms with Gasteiger partial charge < -0.3 is 29.1 Å². The van der Waals surface area contributed by atoms with Gasteiger partial charge in [-0.2, -0.15) is 0 Å². The van der Waals surface area contributed by atoms with Crippen LogP contribution in [0, 0.1) is 17.3 Å². The lowest BCUT2D eigenvalue weighted by atomic mass is 9.84. The van der Waals surface area contributed by atoms with Crippen LogP contribution < -0.4 is 5.43 Å². The smallest absolute Gasteiger partial charge is 0.324 e. The quantitative estimate of drug-likeness (QED) is 0.0762. The van der Waals surface area contributed by atoms with Gasteiger partial charge in [-0.15, -0.1) is 0 Å². The van der Waals surface area contributed by atoms with Crippen LogP contribution in [0.2, 0.25) is 0 Å². The molecule has 68 heavy (non-hydrogen) atoms. The Morgan fingerprint density at radius 1 is 0.985 bits per heavy atom. The van der Waals surface area contributed by atoms with Gasteiger partial charge in [-0.25, -0.2) is 5.43 Å². The molecule has 3 saturated heterocycles. The molecule has 3 fully saturated rings. The Hall–Kier alpha value is -6.21. The van der Waals surface area contributed by atoms with E-state index in [0.29, 0.717) is 44.3 Å². The summed E-state index contributed by atoms with van der Waals surface area (Å²) in [6.45, 7) is 19.8. The summed E-state index contributed by atoms with van der Waals surface area (Å²) >= 11 is 0. The maximum atomic E-state index is 15.1. The number of rotatable bonds is 9. The number of allylic oxidation sites excluding steroid dienone is 2. The van der Waals surface area contributed by atoms with Crippen molar-refractivity contribution in [2.24, 2.45) is 17.3 Å². The number of carbonyl (C=O) groups is 5. The number of phenolic OH excluding ortho intramolecular Hbond substituents is 1. The number of esters is 1. The predicted octanol–water partition coefficient (Wildman–Crippen LogP) is 7.47. The zero-order valence-electron chi connectivity index (χ0n) is 41.1. The van der Waals surface area contributed by atoms with Gasteiger partial charge >= 0.3 is 5.97 Å². The van der Waals surface area contributed by atoms with Gasteiger partial charge in [-0.3, -0.25) is 29.0 Å². The lowest BCUT2D eigenvalue weighted by Gasteiger charge is -2.36. The average Bonchev–Trinajstić information content (AvgIpc) is 3.68. The third-order valence-corrected chi connectivity index (χ3v) is 14.6. The molecule has 13 heteroatoms. The molecule has 0 saturated carbocycles. The van der Waals surface area contributed by atoms with E-state index in [1.54, 1.807) is 29.0 Å². The number of likely N-dealkylation sites (N-methyl/N-ethyl adjacent to an activating group) is 1. The van der Waals surface area contributed by atoms with E-state index in [0.717, 1.165) is 51.8 Å². The molecule has 5 heterocycles. The number of fused-ring (bicyclic) bond motifs is 6. The molecule has 0 radical (unpaired) electrons. The highest BCUT2D eigenvalue weighted by Gasteiger charge is 2.64. The van der Waals surface area contributed by atoms with Gasteiger partial charge in [0.25, 0.3) is 5.91 Å². The Labute approximate surface area is 400 Å². The van der Waals surface area contributed by atoms with E-state index in [1.165, 1.54) is 27.1 Å². The van der Waals surface area contributed by atoms with Gasteiger partial charge in [0.2, 0.25) is 17.7 Å². The summed E-state index contributed by atoms with van der Waals surface area (Å²) in [7, 11) is 1.62. The molecule has 13 nitrogen and oxygen atoms in total. The summed E-state index contributed by atoms with van der Waals surface area (Å²) in [5, 5.41) is 14.0. The fraction of sp³-hybridized carbons (Fsp3) is 0.473. The van der Waals surface area contributed by atoms with Crippen LogP contribution in [-0.2, 0) is 54.5 Å². The zero-order valence-corrected chi connectivity index (χ0v) is 41.1. The number of nitrogens with zero attached hydrogens (tertiary/aromatic N) is 5. The molecule has 4 aromatic rings. The Bertz CT molecular complexity index is 2680. The minimum atomic E-state index is -1.38. The third-order valence-electron chi connectivity index (χ3n) is 14.6. The molecule has 4 aliphatic rings. The van der Waals surface area contributed by atoms with Gasteiger partial charge in [0.15, 0.2) is 0 Å².